The van der Waals surface area contributed by atoms with Crippen LogP contribution in [0.2, 0.25) is 0 Å². The normalized spacial score (nSPS) is 33.4. The van der Waals surface area contributed by atoms with Crippen molar-refractivity contribution in [1.82, 2.24) is 10.6 Å². The summed E-state index contributed by atoms with van der Waals surface area (Å²) in [6.45, 7) is 7.77. The van der Waals surface area contributed by atoms with Crippen molar-refractivity contribution in [2.75, 3.05) is 32.2 Å². The third kappa shape index (κ3) is 3.50. The van der Waals surface area contributed by atoms with Crippen molar-refractivity contribution in [2.24, 2.45) is 16.3 Å². The lowest BCUT2D eigenvalue weighted by Crippen LogP contribution is -2.69. The highest BCUT2D eigenvalue weighted by Crippen LogP contribution is 2.51. The maximum absolute atomic E-state index is 5.69. The van der Waals surface area contributed by atoms with Gasteiger partial charge in [-0.1, -0.05) is 13.8 Å². The highest BCUT2D eigenvalue weighted by molar-refractivity contribution is 7.99. The zero-order valence-electron chi connectivity index (χ0n) is 14.2. The van der Waals surface area contributed by atoms with Gasteiger partial charge in [0.1, 0.15) is 0 Å². The van der Waals surface area contributed by atoms with Crippen molar-refractivity contribution in [1.29, 1.82) is 0 Å². The van der Waals surface area contributed by atoms with Crippen molar-refractivity contribution < 1.29 is 4.74 Å². The van der Waals surface area contributed by atoms with Gasteiger partial charge in [-0.2, -0.15) is 11.8 Å². The van der Waals surface area contributed by atoms with Crippen molar-refractivity contribution in [3.05, 3.63) is 0 Å². The molecule has 2 aliphatic rings. The molecule has 0 spiro atoms. The van der Waals surface area contributed by atoms with Crippen LogP contribution in [-0.2, 0) is 4.74 Å². The van der Waals surface area contributed by atoms with Gasteiger partial charge in [-0.3, -0.25) is 4.99 Å². The third-order valence-corrected chi connectivity index (χ3v) is 6.76. The molecular formula is C16H31N3OS. The molecule has 21 heavy (non-hydrogen) atoms. The zero-order chi connectivity index (χ0) is 15.5. The molecule has 0 aromatic carbocycles. The summed E-state index contributed by atoms with van der Waals surface area (Å²) >= 11 is 2.08. The summed E-state index contributed by atoms with van der Waals surface area (Å²) in [4.78, 5) is 4.38. The second-order valence-corrected chi connectivity index (χ2v) is 8.29. The van der Waals surface area contributed by atoms with Crippen LogP contribution in [-0.4, -0.2) is 49.8 Å². The van der Waals surface area contributed by atoms with E-state index in [9.17, 15) is 0 Å². The first-order valence-electron chi connectivity index (χ1n) is 8.03. The second-order valence-electron chi connectivity index (χ2n) is 7.07. The van der Waals surface area contributed by atoms with E-state index >= 15 is 0 Å². The van der Waals surface area contributed by atoms with Gasteiger partial charge in [0.25, 0.3) is 0 Å². The number of guanidine groups is 1. The molecule has 2 atom stereocenters. The van der Waals surface area contributed by atoms with E-state index in [1.54, 1.807) is 0 Å². The summed E-state index contributed by atoms with van der Waals surface area (Å²) in [5.41, 5.74) is 0.0744. The smallest absolute Gasteiger partial charge is 0.191 e. The number of hydrogen-bond acceptors (Lipinski definition) is 3. The van der Waals surface area contributed by atoms with Gasteiger partial charge in [-0.25, -0.2) is 0 Å². The molecule has 2 rings (SSSR count). The lowest BCUT2D eigenvalue weighted by atomic mass is 9.56. The molecule has 1 saturated heterocycles. The van der Waals surface area contributed by atoms with Gasteiger partial charge >= 0.3 is 0 Å². The Kier molecular flexibility index (Phi) is 5.47. The number of aliphatic imine (C=N–C) groups is 1. The maximum atomic E-state index is 5.69. The number of methoxy groups -OCH3 is 1. The number of thioether (sulfide) groups is 1. The van der Waals surface area contributed by atoms with Crippen molar-refractivity contribution in [2.45, 2.75) is 51.7 Å². The third-order valence-electron chi connectivity index (χ3n) is 5.71. The molecule has 0 aromatic rings. The fourth-order valence-electron chi connectivity index (χ4n) is 3.27. The maximum Gasteiger partial charge on any atom is 0.191 e. The Morgan fingerprint density at radius 3 is 2.48 bits per heavy atom. The number of hydrogen-bond donors (Lipinski definition) is 2. The summed E-state index contributed by atoms with van der Waals surface area (Å²) in [7, 11) is 3.67. The molecule has 122 valence electrons. The van der Waals surface area contributed by atoms with Gasteiger partial charge in [0, 0.05) is 32.2 Å². The van der Waals surface area contributed by atoms with Crippen molar-refractivity contribution in [3.8, 4) is 0 Å². The predicted octanol–water partition coefficient (Wildman–Crippen LogP) is 2.50. The van der Waals surface area contributed by atoms with Gasteiger partial charge in [-0.05, 0) is 43.6 Å². The van der Waals surface area contributed by atoms with E-state index in [2.05, 4.69) is 48.2 Å². The van der Waals surface area contributed by atoms with Gasteiger partial charge in [0.05, 0.1) is 5.60 Å². The van der Waals surface area contributed by atoms with Crippen LogP contribution in [0.25, 0.3) is 0 Å². The van der Waals surface area contributed by atoms with Crippen molar-refractivity contribution >= 4 is 17.7 Å². The molecule has 0 amide bonds. The molecule has 1 aliphatic carbocycles. The molecule has 1 aliphatic heterocycles. The topological polar surface area (TPSA) is 45.7 Å². The molecule has 1 saturated carbocycles. The number of rotatable bonds is 4. The van der Waals surface area contributed by atoms with Crippen LogP contribution in [0.3, 0.4) is 0 Å². The molecule has 4 nitrogen and oxygen atoms in total. The Bertz CT molecular complexity index is 380. The minimum Gasteiger partial charge on any atom is -0.378 e. The molecule has 0 bridgehead atoms. The molecule has 1 heterocycles. The Morgan fingerprint density at radius 1 is 1.29 bits per heavy atom. The van der Waals surface area contributed by atoms with Crippen LogP contribution in [0.4, 0.5) is 0 Å². The molecule has 2 N–H and O–H groups in total. The first-order chi connectivity index (χ1) is 9.93. The first kappa shape index (κ1) is 16.9. The standard InChI is InChI=1S/C16H31N3OS/c1-15(2)13(10-16(15,3)20-5)19-14(17-4)18-11-12-6-8-21-9-7-12/h12-13H,6-11H2,1-5H3,(H2,17,18,19). The average Bonchev–Trinajstić information content (AvgIpc) is 2.50. The van der Waals surface area contributed by atoms with E-state index in [4.69, 9.17) is 4.74 Å². The van der Waals surface area contributed by atoms with E-state index in [1.807, 2.05) is 14.2 Å². The van der Waals surface area contributed by atoms with E-state index in [0.29, 0.717) is 6.04 Å². The molecule has 2 unspecified atom stereocenters. The fourth-order valence-corrected chi connectivity index (χ4v) is 4.48. The van der Waals surface area contributed by atoms with Crippen LogP contribution in [0.1, 0.15) is 40.0 Å². The average molecular weight is 314 g/mol. The zero-order valence-corrected chi connectivity index (χ0v) is 15.0. The number of nitrogens with zero attached hydrogens (tertiary/aromatic N) is 1. The van der Waals surface area contributed by atoms with Gasteiger partial charge < -0.3 is 15.4 Å². The summed E-state index contributed by atoms with van der Waals surface area (Å²) in [6, 6.07) is 0.413. The Balaban J connectivity index is 1.81. The van der Waals surface area contributed by atoms with E-state index in [1.165, 1.54) is 24.3 Å². The largest absolute Gasteiger partial charge is 0.378 e. The molecular weight excluding hydrogens is 282 g/mol. The summed E-state index contributed by atoms with van der Waals surface area (Å²) in [5.74, 6) is 4.34. The highest BCUT2D eigenvalue weighted by Gasteiger charge is 2.58. The molecule has 0 radical (unpaired) electrons. The fraction of sp³-hybridized carbons (Fsp3) is 0.938. The van der Waals surface area contributed by atoms with E-state index in [-0.39, 0.29) is 11.0 Å². The van der Waals surface area contributed by atoms with Crippen LogP contribution in [0, 0.1) is 11.3 Å². The Morgan fingerprint density at radius 2 is 1.95 bits per heavy atom. The van der Waals surface area contributed by atoms with Gasteiger partial charge in [0.15, 0.2) is 5.96 Å². The minimum atomic E-state index is -0.0376. The Labute approximate surface area is 133 Å². The first-order valence-corrected chi connectivity index (χ1v) is 9.18. The minimum absolute atomic E-state index is 0.0376. The van der Waals surface area contributed by atoms with Crippen LogP contribution in [0.15, 0.2) is 4.99 Å². The SMILES string of the molecule is CN=C(NCC1CCSCC1)NC1CC(C)(OC)C1(C)C. The van der Waals surface area contributed by atoms with Crippen LogP contribution >= 0.6 is 11.8 Å². The summed E-state index contributed by atoms with van der Waals surface area (Å²) in [5, 5.41) is 7.09. The van der Waals surface area contributed by atoms with E-state index in [0.717, 1.165) is 24.8 Å². The number of ether oxygens (including phenoxy) is 1. The molecule has 2 fully saturated rings. The molecule has 0 aromatic heterocycles. The van der Waals surface area contributed by atoms with Crippen LogP contribution < -0.4 is 10.6 Å². The highest BCUT2D eigenvalue weighted by atomic mass is 32.2. The summed E-state index contributed by atoms with van der Waals surface area (Å²) < 4.78 is 5.69. The quantitative estimate of drug-likeness (QED) is 0.618. The summed E-state index contributed by atoms with van der Waals surface area (Å²) in [6.07, 6.45) is 3.67. The van der Waals surface area contributed by atoms with Crippen LogP contribution in [0.5, 0.6) is 0 Å². The number of nitrogens with one attached hydrogen (secondary N) is 2. The monoisotopic (exact) mass is 313 g/mol. The Hall–Kier alpha value is -0.420. The molecule has 5 heteroatoms. The van der Waals surface area contributed by atoms with E-state index < -0.39 is 0 Å². The van der Waals surface area contributed by atoms with Gasteiger partial charge in [-0.15, -0.1) is 0 Å². The lowest BCUT2D eigenvalue weighted by molar-refractivity contribution is -0.176. The second kappa shape index (κ2) is 6.78. The van der Waals surface area contributed by atoms with Gasteiger partial charge in [0.2, 0.25) is 0 Å². The van der Waals surface area contributed by atoms with Crippen molar-refractivity contribution in [3.63, 3.8) is 0 Å². The predicted molar refractivity (Wildman–Crippen MR) is 92.1 cm³/mol. The lowest BCUT2D eigenvalue weighted by Gasteiger charge is -2.59.